The van der Waals surface area contributed by atoms with Crippen LogP contribution in [0.4, 0.5) is 0 Å². The predicted octanol–water partition coefficient (Wildman–Crippen LogP) is -0.181. The summed E-state index contributed by atoms with van der Waals surface area (Å²) in [7, 11) is -0.914. The van der Waals surface area contributed by atoms with Crippen molar-refractivity contribution in [2.75, 3.05) is 38.2 Å². The first kappa shape index (κ1) is 17.9. The maximum absolute atomic E-state index is 12.4. The second kappa shape index (κ2) is 8.33. The number of amides is 1. The van der Waals surface area contributed by atoms with Gasteiger partial charge in [-0.3, -0.25) is 14.5 Å². The Balaban J connectivity index is 0.000000677. The van der Waals surface area contributed by atoms with Gasteiger partial charge in [-0.2, -0.15) is 0 Å². The van der Waals surface area contributed by atoms with E-state index < -0.39 is 9.84 Å². The molecule has 0 aromatic heterocycles. The predicted molar refractivity (Wildman–Crippen MR) is 78.8 cm³/mol. The molecule has 1 N–H and O–H groups in total. The lowest BCUT2D eigenvalue weighted by Crippen LogP contribution is -2.51. The molecule has 8 heteroatoms. The molecular formula is C13H24N2O5S. The van der Waals surface area contributed by atoms with E-state index in [2.05, 4.69) is 4.90 Å². The number of rotatable bonds is 1. The summed E-state index contributed by atoms with van der Waals surface area (Å²) < 4.78 is 22.7. The van der Waals surface area contributed by atoms with Gasteiger partial charge in [0, 0.05) is 13.1 Å². The lowest BCUT2D eigenvalue weighted by Gasteiger charge is -2.33. The zero-order chi connectivity index (χ0) is 15.9. The Morgan fingerprint density at radius 3 is 2.29 bits per heavy atom. The number of hydrogen-bond acceptors (Lipinski definition) is 5. The fourth-order valence-electron chi connectivity index (χ4n) is 2.71. The topological polar surface area (TPSA) is 95.0 Å². The quantitative estimate of drug-likeness (QED) is 0.673. The van der Waals surface area contributed by atoms with Crippen LogP contribution in [0, 0.1) is 0 Å². The first-order valence-corrected chi connectivity index (χ1v) is 9.00. The molecule has 7 nitrogen and oxygen atoms in total. The molecule has 2 aliphatic rings. The molecule has 1 atom stereocenters. The van der Waals surface area contributed by atoms with Gasteiger partial charge in [-0.25, -0.2) is 8.42 Å². The molecule has 0 radical (unpaired) electrons. The minimum atomic E-state index is -2.91. The van der Waals surface area contributed by atoms with Crippen molar-refractivity contribution in [3.05, 3.63) is 0 Å². The second-order valence-electron chi connectivity index (χ2n) is 5.43. The van der Waals surface area contributed by atoms with Crippen molar-refractivity contribution in [3.8, 4) is 0 Å². The molecule has 2 rings (SSSR count). The Hall–Kier alpha value is -1.15. The molecule has 0 saturated carbocycles. The molecule has 1 unspecified atom stereocenters. The van der Waals surface area contributed by atoms with Crippen molar-refractivity contribution in [1.29, 1.82) is 0 Å². The summed E-state index contributed by atoms with van der Waals surface area (Å²) in [5.41, 5.74) is 0. The summed E-state index contributed by atoms with van der Waals surface area (Å²) in [6.07, 6.45) is 4.32. The maximum Gasteiger partial charge on any atom is 0.290 e. The Bertz CT molecular complexity index is 437. The van der Waals surface area contributed by atoms with Gasteiger partial charge >= 0.3 is 0 Å². The van der Waals surface area contributed by atoms with E-state index in [1.165, 1.54) is 6.42 Å². The molecule has 21 heavy (non-hydrogen) atoms. The molecule has 2 heterocycles. The van der Waals surface area contributed by atoms with Crippen molar-refractivity contribution in [2.45, 2.75) is 31.7 Å². The number of likely N-dealkylation sites (tertiary alicyclic amines) is 1. The number of likely N-dealkylation sites (N-methyl/N-ethyl adjacent to an activating group) is 1. The summed E-state index contributed by atoms with van der Waals surface area (Å²) in [4.78, 5) is 24.6. The molecule has 2 saturated heterocycles. The van der Waals surface area contributed by atoms with E-state index in [9.17, 15) is 13.2 Å². The van der Waals surface area contributed by atoms with E-state index in [0.717, 1.165) is 25.8 Å². The minimum Gasteiger partial charge on any atom is -0.483 e. The molecule has 0 aliphatic carbocycles. The monoisotopic (exact) mass is 320 g/mol. The van der Waals surface area contributed by atoms with Crippen molar-refractivity contribution in [2.24, 2.45) is 0 Å². The van der Waals surface area contributed by atoms with Gasteiger partial charge in [0.25, 0.3) is 6.47 Å². The van der Waals surface area contributed by atoms with Crippen LogP contribution >= 0.6 is 0 Å². The van der Waals surface area contributed by atoms with E-state index in [0.29, 0.717) is 13.1 Å². The number of nitrogens with zero attached hydrogens (tertiary/aromatic N) is 2. The van der Waals surface area contributed by atoms with Crippen LogP contribution in [-0.4, -0.2) is 79.9 Å². The van der Waals surface area contributed by atoms with Crippen molar-refractivity contribution < 1.29 is 23.1 Å². The highest BCUT2D eigenvalue weighted by atomic mass is 32.2. The van der Waals surface area contributed by atoms with Crippen LogP contribution in [-0.2, 0) is 19.4 Å². The van der Waals surface area contributed by atoms with Crippen LogP contribution in [0.2, 0.25) is 0 Å². The van der Waals surface area contributed by atoms with Crippen LogP contribution < -0.4 is 0 Å². The standard InChI is InChI=1S/C12H22N2O3S.CH2O2/c1-13-6-4-2-3-5-11(13)12(15)14-7-9-18(16,17)10-8-14;2-1-3/h11H,2-10H2,1H3;1H,(H,2,3). The Morgan fingerprint density at radius 1 is 1.14 bits per heavy atom. The SMILES string of the molecule is CN1CCCCCC1C(=O)N1CCS(=O)(=O)CC1.O=CO. The van der Waals surface area contributed by atoms with E-state index in [1.54, 1.807) is 4.90 Å². The zero-order valence-electron chi connectivity index (χ0n) is 12.4. The van der Waals surface area contributed by atoms with Gasteiger partial charge in [-0.15, -0.1) is 0 Å². The zero-order valence-corrected chi connectivity index (χ0v) is 13.2. The molecular weight excluding hydrogens is 296 g/mol. The number of hydrogen-bond donors (Lipinski definition) is 1. The Morgan fingerprint density at radius 2 is 1.71 bits per heavy atom. The smallest absolute Gasteiger partial charge is 0.290 e. The van der Waals surface area contributed by atoms with E-state index >= 15 is 0 Å². The summed E-state index contributed by atoms with van der Waals surface area (Å²) in [6.45, 7) is 1.44. The number of sulfone groups is 1. The van der Waals surface area contributed by atoms with E-state index in [4.69, 9.17) is 9.90 Å². The molecule has 0 aromatic carbocycles. The molecule has 0 spiro atoms. The van der Waals surface area contributed by atoms with Gasteiger partial charge in [0.1, 0.15) is 0 Å². The number of carbonyl (C=O) groups excluding carboxylic acids is 1. The fourth-order valence-corrected chi connectivity index (χ4v) is 3.91. The average Bonchev–Trinajstić information content (AvgIpc) is 2.63. The highest BCUT2D eigenvalue weighted by Crippen LogP contribution is 2.18. The van der Waals surface area contributed by atoms with Crippen molar-refractivity contribution in [1.82, 2.24) is 9.80 Å². The normalized spacial score (nSPS) is 26.1. The first-order chi connectivity index (χ1) is 9.91. The molecule has 2 fully saturated rings. The summed E-state index contributed by atoms with van der Waals surface area (Å²) in [5, 5.41) is 6.89. The van der Waals surface area contributed by atoms with Gasteiger partial charge in [-0.05, 0) is 26.4 Å². The first-order valence-electron chi connectivity index (χ1n) is 7.18. The second-order valence-corrected chi connectivity index (χ2v) is 7.73. The third-order valence-electron chi connectivity index (χ3n) is 3.96. The number of carbonyl (C=O) groups is 2. The van der Waals surface area contributed by atoms with E-state index in [1.807, 2.05) is 7.05 Å². The maximum atomic E-state index is 12.4. The molecule has 0 aromatic rings. The third-order valence-corrected chi connectivity index (χ3v) is 5.57. The van der Waals surface area contributed by atoms with Crippen molar-refractivity contribution >= 4 is 22.2 Å². The average molecular weight is 320 g/mol. The fraction of sp³-hybridized carbons (Fsp3) is 0.846. The Kier molecular flexibility index (Phi) is 7.10. The van der Waals surface area contributed by atoms with Crippen LogP contribution in [0.5, 0.6) is 0 Å². The molecule has 0 bridgehead atoms. The minimum absolute atomic E-state index is 0.0479. The Labute approximate surface area is 125 Å². The largest absolute Gasteiger partial charge is 0.483 e. The van der Waals surface area contributed by atoms with E-state index in [-0.39, 0.29) is 29.9 Å². The molecule has 1 amide bonds. The summed E-state index contributed by atoms with van der Waals surface area (Å²) in [5.74, 6) is 0.360. The van der Waals surface area contributed by atoms with Gasteiger partial charge < -0.3 is 10.0 Å². The molecule has 122 valence electrons. The lowest BCUT2D eigenvalue weighted by molar-refractivity contribution is -0.136. The van der Waals surface area contributed by atoms with Crippen LogP contribution in [0.15, 0.2) is 0 Å². The van der Waals surface area contributed by atoms with Crippen molar-refractivity contribution in [3.63, 3.8) is 0 Å². The van der Waals surface area contributed by atoms with Gasteiger partial charge in [0.15, 0.2) is 9.84 Å². The highest BCUT2D eigenvalue weighted by Gasteiger charge is 2.32. The lowest BCUT2D eigenvalue weighted by atomic mass is 10.1. The van der Waals surface area contributed by atoms with Gasteiger partial charge in [0.05, 0.1) is 17.5 Å². The van der Waals surface area contributed by atoms with Crippen LogP contribution in [0.1, 0.15) is 25.7 Å². The van der Waals surface area contributed by atoms with Gasteiger partial charge in [-0.1, -0.05) is 12.8 Å². The third kappa shape index (κ3) is 5.62. The summed E-state index contributed by atoms with van der Waals surface area (Å²) >= 11 is 0. The molecule has 2 aliphatic heterocycles. The van der Waals surface area contributed by atoms with Crippen LogP contribution in [0.3, 0.4) is 0 Å². The van der Waals surface area contributed by atoms with Gasteiger partial charge in [0.2, 0.25) is 5.91 Å². The summed E-state index contributed by atoms with van der Waals surface area (Å²) in [6, 6.07) is -0.0479. The number of carboxylic acid groups (broad SMARTS) is 1. The van der Waals surface area contributed by atoms with Crippen LogP contribution in [0.25, 0.3) is 0 Å². The highest BCUT2D eigenvalue weighted by molar-refractivity contribution is 7.91.